The molecule has 110 valence electrons. The maximum Gasteiger partial charge on any atom is 0.308 e. The van der Waals surface area contributed by atoms with Crippen LogP contribution in [-0.2, 0) is 11.3 Å². The van der Waals surface area contributed by atoms with Gasteiger partial charge in [0.2, 0.25) is 0 Å². The van der Waals surface area contributed by atoms with E-state index in [0.717, 1.165) is 18.8 Å². The van der Waals surface area contributed by atoms with Gasteiger partial charge < -0.3 is 9.84 Å². The Morgan fingerprint density at radius 3 is 2.50 bits per heavy atom. The Balaban J connectivity index is 1.92. The van der Waals surface area contributed by atoms with E-state index in [1.54, 1.807) is 0 Å². The maximum atomic E-state index is 11.1. The lowest BCUT2D eigenvalue weighted by atomic mass is 9.99. The molecule has 1 fully saturated rings. The molecule has 1 saturated heterocycles. The number of hydrogen-bond acceptors (Lipinski definition) is 3. The van der Waals surface area contributed by atoms with E-state index < -0.39 is 5.97 Å². The molecule has 2 rings (SSSR count). The highest BCUT2D eigenvalue weighted by molar-refractivity contribution is 5.71. The molecular weight excluding hydrogens is 254 g/mol. The summed E-state index contributed by atoms with van der Waals surface area (Å²) in [5.74, 6) is 0.178. The van der Waals surface area contributed by atoms with Gasteiger partial charge in [-0.3, -0.25) is 9.69 Å². The number of carboxylic acid groups (broad SMARTS) is 1. The molecule has 0 aromatic heterocycles. The van der Waals surface area contributed by atoms with E-state index >= 15 is 0 Å². The van der Waals surface area contributed by atoms with Gasteiger partial charge in [-0.25, -0.2) is 0 Å². The minimum Gasteiger partial charge on any atom is -0.491 e. The first-order chi connectivity index (χ1) is 9.45. The lowest BCUT2D eigenvalue weighted by Crippen LogP contribution is -2.23. The van der Waals surface area contributed by atoms with E-state index in [9.17, 15) is 4.79 Å². The van der Waals surface area contributed by atoms with Gasteiger partial charge in [0.25, 0.3) is 0 Å². The molecule has 2 atom stereocenters. The number of nitrogens with zero attached hydrogens (tertiary/aromatic N) is 1. The van der Waals surface area contributed by atoms with Crippen LogP contribution in [0.4, 0.5) is 0 Å². The molecule has 1 N–H and O–H groups in total. The van der Waals surface area contributed by atoms with E-state index in [4.69, 9.17) is 9.84 Å². The van der Waals surface area contributed by atoms with E-state index in [-0.39, 0.29) is 17.9 Å². The molecule has 1 aromatic rings. The number of likely N-dealkylation sites (tertiary alicyclic amines) is 1. The molecule has 4 heteroatoms. The number of benzene rings is 1. The van der Waals surface area contributed by atoms with Gasteiger partial charge in [0.1, 0.15) is 5.75 Å². The summed E-state index contributed by atoms with van der Waals surface area (Å²) in [4.78, 5) is 13.3. The third kappa shape index (κ3) is 3.73. The molecule has 0 aliphatic carbocycles. The van der Waals surface area contributed by atoms with E-state index in [1.165, 1.54) is 5.56 Å². The van der Waals surface area contributed by atoms with Crippen LogP contribution in [0.2, 0.25) is 0 Å². The van der Waals surface area contributed by atoms with Gasteiger partial charge in [0.05, 0.1) is 12.0 Å². The summed E-state index contributed by atoms with van der Waals surface area (Å²) in [6, 6.07) is 8.06. The first-order valence-electron chi connectivity index (χ1n) is 7.16. The maximum absolute atomic E-state index is 11.1. The zero-order valence-corrected chi connectivity index (χ0v) is 12.4. The van der Waals surface area contributed by atoms with Crippen LogP contribution in [0.25, 0.3) is 0 Å². The molecule has 1 aromatic carbocycles. The van der Waals surface area contributed by atoms with Crippen LogP contribution in [0, 0.1) is 11.8 Å². The molecule has 1 heterocycles. The highest BCUT2D eigenvalue weighted by Crippen LogP contribution is 2.25. The standard InChI is InChI=1S/C16H23NO3/c1-11(2)20-14-6-4-13(5-7-14)9-17-8-12(3)15(10-17)16(18)19/h4-7,11-12,15H,8-10H2,1-3H3,(H,18,19). The van der Waals surface area contributed by atoms with Crippen LogP contribution in [0.1, 0.15) is 26.3 Å². The molecule has 4 nitrogen and oxygen atoms in total. The highest BCUT2D eigenvalue weighted by atomic mass is 16.5. The largest absolute Gasteiger partial charge is 0.491 e. The van der Waals surface area contributed by atoms with Crippen molar-refractivity contribution < 1.29 is 14.6 Å². The quantitative estimate of drug-likeness (QED) is 0.899. The van der Waals surface area contributed by atoms with Crippen LogP contribution in [0.3, 0.4) is 0 Å². The molecule has 0 bridgehead atoms. The Kier molecular flexibility index (Phi) is 4.65. The number of rotatable bonds is 5. The van der Waals surface area contributed by atoms with Crippen molar-refractivity contribution in [1.29, 1.82) is 0 Å². The minimum atomic E-state index is -0.680. The smallest absolute Gasteiger partial charge is 0.308 e. The molecule has 20 heavy (non-hydrogen) atoms. The Morgan fingerprint density at radius 2 is 2.00 bits per heavy atom. The number of carbonyl (C=O) groups is 1. The van der Waals surface area contributed by atoms with Crippen LogP contribution in [-0.4, -0.2) is 35.2 Å². The Labute approximate surface area is 120 Å². The fraction of sp³-hybridized carbons (Fsp3) is 0.562. The monoisotopic (exact) mass is 277 g/mol. The predicted octanol–water partition coefficient (Wildman–Crippen LogP) is 2.63. The van der Waals surface area contributed by atoms with Gasteiger partial charge in [-0.2, -0.15) is 0 Å². The molecule has 0 radical (unpaired) electrons. The first-order valence-corrected chi connectivity index (χ1v) is 7.16. The summed E-state index contributed by atoms with van der Waals surface area (Å²) < 4.78 is 5.61. The van der Waals surface area contributed by atoms with Crippen molar-refractivity contribution in [2.24, 2.45) is 11.8 Å². The summed E-state index contributed by atoms with van der Waals surface area (Å²) >= 11 is 0. The van der Waals surface area contributed by atoms with Gasteiger partial charge in [-0.05, 0) is 37.5 Å². The van der Waals surface area contributed by atoms with E-state index in [0.29, 0.717) is 6.54 Å². The Morgan fingerprint density at radius 1 is 1.35 bits per heavy atom. The molecule has 0 saturated carbocycles. The first kappa shape index (κ1) is 14.9. The third-order valence-electron chi connectivity index (χ3n) is 3.71. The van der Waals surface area contributed by atoms with Gasteiger partial charge in [-0.15, -0.1) is 0 Å². The summed E-state index contributed by atoms with van der Waals surface area (Å²) in [7, 11) is 0. The molecule has 2 unspecified atom stereocenters. The molecule has 1 aliphatic rings. The van der Waals surface area contributed by atoms with Crippen molar-refractivity contribution in [3.8, 4) is 5.75 Å². The summed E-state index contributed by atoms with van der Waals surface area (Å²) in [6.07, 6.45) is 0.177. The van der Waals surface area contributed by atoms with Crippen LogP contribution < -0.4 is 4.74 Å². The molecular formula is C16H23NO3. The normalized spacial score (nSPS) is 23.2. The Hall–Kier alpha value is -1.55. The zero-order valence-electron chi connectivity index (χ0n) is 12.4. The Bertz CT molecular complexity index is 455. The molecule has 0 spiro atoms. The third-order valence-corrected chi connectivity index (χ3v) is 3.71. The van der Waals surface area contributed by atoms with Crippen molar-refractivity contribution >= 4 is 5.97 Å². The summed E-state index contributed by atoms with van der Waals surface area (Å²) in [6.45, 7) is 8.31. The van der Waals surface area contributed by atoms with Gasteiger partial charge >= 0.3 is 5.97 Å². The SMILES string of the molecule is CC(C)Oc1ccc(CN2CC(C)C(C(=O)O)C2)cc1. The van der Waals surface area contributed by atoms with Crippen LogP contribution in [0.15, 0.2) is 24.3 Å². The number of aliphatic carboxylic acids is 1. The highest BCUT2D eigenvalue weighted by Gasteiger charge is 2.34. The van der Waals surface area contributed by atoms with Crippen molar-refractivity contribution in [3.05, 3.63) is 29.8 Å². The number of carboxylic acids is 1. The lowest BCUT2D eigenvalue weighted by Gasteiger charge is -2.16. The van der Waals surface area contributed by atoms with Gasteiger partial charge in [0, 0.05) is 19.6 Å². The van der Waals surface area contributed by atoms with E-state index in [1.807, 2.05) is 32.9 Å². The van der Waals surface area contributed by atoms with Crippen molar-refractivity contribution in [1.82, 2.24) is 4.90 Å². The van der Waals surface area contributed by atoms with Crippen LogP contribution >= 0.6 is 0 Å². The van der Waals surface area contributed by atoms with Crippen LogP contribution in [0.5, 0.6) is 5.75 Å². The molecule has 1 aliphatic heterocycles. The summed E-state index contributed by atoms with van der Waals surface area (Å²) in [5, 5.41) is 9.14. The fourth-order valence-corrected chi connectivity index (χ4v) is 2.72. The van der Waals surface area contributed by atoms with Crippen molar-refractivity contribution in [2.75, 3.05) is 13.1 Å². The lowest BCUT2D eigenvalue weighted by molar-refractivity contribution is -0.142. The zero-order chi connectivity index (χ0) is 14.7. The predicted molar refractivity (Wildman–Crippen MR) is 77.8 cm³/mol. The minimum absolute atomic E-state index is 0.177. The second kappa shape index (κ2) is 6.27. The second-order valence-electron chi connectivity index (χ2n) is 5.93. The fourth-order valence-electron chi connectivity index (χ4n) is 2.72. The van der Waals surface area contributed by atoms with Crippen molar-refractivity contribution in [3.63, 3.8) is 0 Å². The molecule has 0 amide bonds. The number of hydrogen-bond donors (Lipinski definition) is 1. The van der Waals surface area contributed by atoms with E-state index in [2.05, 4.69) is 17.0 Å². The average molecular weight is 277 g/mol. The number of ether oxygens (including phenoxy) is 1. The van der Waals surface area contributed by atoms with Gasteiger partial charge in [-0.1, -0.05) is 19.1 Å². The second-order valence-corrected chi connectivity index (χ2v) is 5.93. The average Bonchev–Trinajstić information content (AvgIpc) is 2.72. The summed E-state index contributed by atoms with van der Waals surface area (Å²) in [5.41, 5.74) is 1.19. The van der Waals surface area contributed by atoms with Gasteiger partial charge in [0.15, 0.2) is 0 Å². The van der Waals surface area contributed by atoms with Crippen molar-refractivity contribution in [2.45, 2.75) is 33.4 Å². The topological polar surface area (TPSA) is 49.8 Å².